The van der Waals surface area contributed by atoms with E-state index in [1.807, 2.05) is 41.5 Å². The summed E-state index contributed by atoms with van der Waals surface area (Å²) in [6, 6.07) is 5.19. The van der Waals surface area contributed by atoms with Crippen molar-refractivity contribution >= 4 is 12.0 Å². The summed E-state index contributed by atoms with van der Waals surface area (Å²) >= 11 is 0. The van der Waals surface area contributed by atoms with Gasteiger partial charge in [0, 0.05) is 11.2 Å². The molecule has 2 rings (SSSR count). The topological polar surface area (TPSA) is 18.5 Å². The van der Waals surface area contributed by atoms with Crippen LogP contribution in [0.4, 0.5) is 13.2 Å². The first kappa shape index (κ1) is 18.3. The van der Waals surface area contributed by atoms with Crippen LogP contribution in [-0.4, -0.2) is 17.8 Å². The summed E-state index contributed by atoms with van der Waals surface area (Å²) in [4.78, 5) is 0. The van der Waals surface area contributed by atoms with E-state index in [1.165, 1.54) is 12.1 Å². The van der Waals surface area contributed by atoms with E-state index in [9.17, 15) is 13.2 Å². The first-order chi connectivity index (χ1) is 10.4. The molecule has 23 heavy (non-hydrogen) atoms. The molecule has 1 unspecified atom stereocenters. The SMILES string of the molecule is CCC(C)[B-]1(c2ccc(C(F)(F)F)cc2)OC(C)(C)C(C)(C)O1. The van der Waals surface area contributed by atoms with Gasteiger partial charge in [-0.05, 0) is 27.7 Å². The molecule has 130 valence electrons. The molecule has 0 aliphatic carbocycles. The molecule has 0 amide bonds. The van der Waals surface area contributed by atoms with Crippen molar-refractivity contribution in [2.45, 2.75) is 71.2 Å². The molecule has 1 aliphatic rings. The first-order valence-corrected chi connectivity index (χ1v) is 8.08. The zero-order valence-corrected chi connectivity index (χ0v) is 14.6. The Hall–Kier alpha value is -1.01. The van der Waals surface area contributed by atoms with Crippen LogP contribution in [0, 0.1) is 0 Å². The molecule has 0 bridgehead atoms. The fourth-order valence-corrected chi connectivity index (χ4v) is 3.13. The second kappa shape index (κ2) is 5.52. The third kappa shape index (κ3) is 3.03. The fraction of sp³-hybridized carbons (Fsp3) is 0.647. The maximum Gasteiger partial charge on any atom is 0.416 e. The zero-order chi connectivity index (χ0) is 17.7. The molecule has 1 atom stereocenters. The van der Waals surface area contributed by atoms with E-state index in [0.29, 0.717) is 5.46 Å². The van der Waals surface area contributed by atoms with Crippen molar-refractivity contribution in [2.75, 3.05) is 0 Å². The average molecular weight is 329 g/mol. The quantitative estimate of drug-likeness (QED) is 0.745. The van der Waals surface area contributed by atoms with Gasteiger partial charge in [0.25, 0.3) is 6.55 Å². The fourth-order valence-electron chi connectivity index (χ4n) is 3.13. The van der Waals surface area contributed by atoms with Gasteiger partial charge in [0.05, 0.1) is 5.56 Å². The number of hydrogen-bond donors (Lipinski definition) is 0. The number of alkyl halides is 3. The van der Waals surface area contributed by atoms with Crippen LogP contribution in [0.15, 0.2) is 24.3 Å². The monoisotopic (exact) mass is 329 g/mol. The molecule has 1 fully saturated rings. The van der Waals surface area contributed by atoms with Crippen molar-refractivity contribution in [3.63, 3.8) is 0 Å². The van der Waals surface area contributed by atoms with Gasteiger partial charge in [-0.2, -0.15) is 18.6 Å². The maximum atomic E-state index is 12.8. The van der Waals surface area contributed by atoms with Crippen LogP contribution in [0.25, 0.3) is 0 Å². The molecular formula is C17H25BF3O2-. The molecule has 0 radical (unpaired) electrons. The van der Waals surface area contributed by atoms with Gasteiger partial charge >= 0.3 is 6.18 Å². The van der Waals surface area contributed by atoms with Gasteiger partial charge in [0.2, 0.25) is 0 Å². The van der Waals surface area contributed by atoms with Crippen molar-refractivity contribution in [2.24, 2.45) is 0 Å². The lowest BCUT2D eigenvalue weighted by Gasteiger charge is -2.43. The summed E-state index contributed by atoms with van der Waals surface area (Å²) in [5.74, 6) is 0.0628. The number of rotatable bonds is 3. The van der Waals surface area contributed by atoms with Crippen LogP contribution in [0.3, 0.4) is 0 Å². The number of benzene rings is 1. The second-order valence-corrected chi connectivity index (χ2v) is 7.53. The Kier molecular flexibility index (Phi) is 4.40. The molecule has 1 aliphatic heterocycles. The van der Waals surface area contributed by atoms with Crippen molar-refractivity contribution in [3.8, 4) is 0 Å². The molecule has 1 heterocycles. The Morgan fingerprint density at radius 2 is 1.43 bits per heavy atom. The van der Waals surface area contributed by atoms with E-state index in [1.54, 1.807) is 0 Å². The molecule has 0 N–H and O–H groups in total. The van der Waals surface area contributed by atoms with Crippen LogP contribution in [0.2, 0.25) is 5.82 Å². The van der Waals surface area contributed by atoms with Gasteiger partial charge in [-0.25, -0.2) is 0 Å². The smallest absolute Gasteiger partial charge is 0.416 e. The predicted molar refractivity (Wildman–Crippen MR) is 86.9 cm³/mol. The minimum atomic E-state index is -4.34. The predicted octanol–water partition coefficient (Wildman–Crippen LogP) is 4.76. The number of hydrogen-bond acceptors (Lipinski definition) is 2. The van der Waals surface area contributed by atoms with Gasteiger partial charge in [0.1, 0.15) is 0 Å². The van der Waals surface area contributed by atoms with Crippen LogP contribution >= 0.6 is 0 Å². The summed E-state index contributed by atoms with van der Waals surface area (Å²) in [6.45, 7) is 10.1. The zero-order valence-electron chi connectivity index (χ0n) is 14.6. The highest BCUT2D eigenvalue weighted by molar-refractivity contribution is 6.83. The van der Waals surface area contributed by atoms with Crippen LogP contribution in [0.5, 0.6) is 0 Å². The highest BCUT2D eigenvalue weighted by Crippen LogP contribution is 2.46. The number of halogens is 3. The molecule has 6 heteroatoms. The molecule has 1 saturated heterocycles. The highest BCUT2D eigenvalue weighted by atomic mass is 19.4. The van der Waals surface area contributed by atoms with Crippen molar-refractivity contribution in [1.82, 2.24) is 0 Å². The molecule has 0 spiro atoms. The molecule has 0 saturated carbocycles. The second-order valence-electron chi connectivity index (χ2n) is 7.53. The highest BCUT2D eigenvalue weighted by Gasteiger charge is 2.53. The molecular weight excluding hydrogens is 304 g/mol. The van der Waals surface area contributed by atoms with Crippen molar-refractivity contribution in [3.05, 3.63) is 29.8 Å². The Balaban J connectivity index is 2.50. The van der Waals surface area contributed by atoms with Crippen LogP contribution in [0.1, 0.15) is 53.5 Å². The van der Waals surface area contributed by atoms with Crippen molar-refractivity contribution < 1.29 is 22.5 Å². The molecule has 1 aromatic carbocycles. The standard InChI is InChI=1S/C17H25BF3O2/c1-7-12(2)18(22-15(3,4)16(5,6)23-18)14-10-8-13(9-11-14)17(19,20)21/h8-12H,7H2,1-6H3/q-1. The van der Waals surface area contributed by atoms with Crippen molar-refractivity contribution in [1.29, 1.82) is 0 Å². The lowest BCUT2D eigenvalue weighted by molar-refractivity contribution is -0.137. The summed E-state index contributed by atoms with van der Waals surface area (Å²) < 4.78 is 51.2. The summed E-state index contributed by atoms with van der Waals surface area (Å²) in [6.07, 6.45) is -3.53. The minimum absolute atomic E-state index is 0.0628. The summed E-state index contributed by atoms with van der Waals surface area (Å²) in [7, 11) is 0. The normalized spacial score (nSPS) is 23.7. The third-order valence-electron chi connectivity index (χ3n) is 5.49. The minimum Gasteiger partial charge on any atom is -0.558 e. The molecule has 1 aromatic rings. The van der Waals surface area contributed by atoms with Gasteiger partial charge in [-0.15, -0.1) is 5.82 Å². The molecule has 0 aromatic heterocycles. The van der Waals surface area contributed by atoms with E-state index in [2.05, 4.69) is 0 Å². The van der Waals surface area contributed by atoms with E-state index < -0.39 is 29.5 Å². The Bertz CT molecular complexity index is 548. The summed E-state index contributed by atoms with van der Waals surface area (Å²) in [5, 5.41) is 0. The Labute approximate surface area is 136 Å². The van der Waals surface area contributed by atoms with E-state index in [0.717, 1.165) is 18.6 Å². The third-order valence-corrected chi connectivity index (χ3v) is 5.49. The van der Waals surface area contributed by atoms with Crippen LogP contribution in [-0.2, 0) is 15.5 Å². The lowest BCUT2D eigenvalue weighted by atomic mass is 9.42. The largest absolute Gasteiger partial charge is 0.558 e. The average Bonchev–Trinajstić information content (AvgIpc) is 2.63. The lowest BCUT2D eigenvalue weighted by Crippen LogP contribution is -2.54. The van der Waals surface area contributed by atoms with Gasteiger partial charge in [-0.3, -0.25) is 0 Å². The van der Waals surface area contributed by atoms with Gasteiger partial charge in [-0.1, -0.05) is 44.5 Å². The molecule has 2 nitrogen and oxygen atoms in total. The van der Waals surface area contributed by atoms with E-state index >= 15 is 0 Å². The van der Waals surface area contributed by atoms with Gasteiger partial charge < -0.3 is 9.31 Å². The van der Waals surface area contributed by atoms with Crippen LogP contribution < -0.4 is 5.46 Å². The summed E-state index contributed by atoms with van der Waals surface area (Å²) in [5.41, 5.74) is -1.03. The Morgan fingerprint density at radius 1 is 1.00 bits per heavy atom. The first-order valence-electron chi connectivity index (χ1n) is 8.08. The maximum absolute atomic E-state index is 12.8. The Morgan fingerprint density at radius 3 is 1.78 bits per heavy atom. The van der Waals surface area contributed by atoms with E-state index in [-0.39, 0.29) is 5.82 Å². The van der Waals surface area contributed by atoms with Gasteiger partial charge in [0.15, 0.2) is 0 Å². The van der Waals surface area contributed by atoms with E-state index in [4.69, 9.17) is 9.31 Å².